The highest BCUT2D eigenvalue weighted by Crippen LogP contribution is 2.12. The zero-order valence-corrected chi connectivity index (χ0v) is 6.13. The zero-order valence-electron chi connectivity index (χ0n) is 6.13. The average Bonchev–Trinajstić information content (AvgIpc) is 2.13. The van der Waals surface area contributed by atoms with Crippen LogP contribution in [0.1, 0.15) is 6.92 Å². The maximum atomic E-state index is 5.23. The zero-order chi connectivity index (χ0) is 6.85. The molecule has 54 valence electrons. The van der Waals surface area contributed by atoms with Crippen molar-refractivity contribution in [3.05, 3.63) is 0 Å². The van der Waals surface area contributed by atoms with Gasteiger partial charge in [-0.15, -0.1) is 0 Å². The summed E-state index contributed by atoms with van der Waals surface area (Å²) in [6.07, 6.45) is 0.352. The van der Waals surface area contributed by atoms with Crippen LogP contribution in [0.15, 0.2) is 0 Å². The lowest BCUT2D eigenvalue weighted by molar-refractivity contribution is -0.00455. The van der Waals surface area contributed by atoms with E-state index < -0.39 is 0 Å². The van der Waals surface area contributed by atoms with Crippen LogP contribution in [-0.4, -0.2) is 38.1 Å². The topological polar surface area (TPSA) is 21.7 Å². The molecule has 0 N–H and O–H groups in total. The lowest BCUT2D eigenvalue weighted by Crippen LogP contribution is -2.34. The van der Waals surface area contributed by atoms with Gasteiger partial charge in [-0.3, -0.25) is 4.90 Å². The Morgan fingerprint density at radius 1 is 1.33 bits per heavy atom. The van der Waals surface area contributed by atoms with Gasteiger partial charge in [-0.2, -0.15) is 0 Å². The minimum Gasteiger partial charge on any atom is -0.348 e. The average molecular weight is 131 g/mol. The fraction of sp³-hybridized carbons (Fsp3) is 1.00. The Balaban J connectivity index is 2.40. The fourth-order valence-electron chi connectivity index (χ4n) is 1.00. The van der Waals surface area contributed by atoms with Crippen molar-refractivity contribution in [3.8, 4) is 0 Å². The molecule has 1 rings (SSSR count). The van der Waals surface area contributed by atoms with Gasteiger partial charge in [-0.1, -0.05) is 0 Å². The quantitative estimate of drug-likeness (QED) is 0.509. The summed E-state index contributed by atoms with van der Waals surface area (Å²) in [5.74, 6) is 0. The van der Waals surface area contributed by atoms with Crippen molar-refractivity contribution < 1.29 is 9.47 Å². The Kier molecular flexibility index (Phi) is 2.05. The van der Waals surface area contributed by atoms with Crippen LogP contribution in [0, 0.1) is 0 Å². The van der Waals surface area contributed by atoms with E-state index in [0.717, 1.165) is 0 Å². The second-order valence-corrected chi connectivity index (χ2v) is 2.51. The van der Waals surface area contributed by atoms with E-state index in [0.29, 0.717) is 6.79 Å². The van der Waals surface area contributed by atoms with Gasteiger partial charge in [0.1, 0.15) is 13.0 Å². The molecule has 1 aliphatic rings. The lowest BCUT2D eigenvalue weighted by Gasteiger charge is -2.19. The number of hydrogen-bond acceptors (Lipinski definition) is 3. The first kappa shape index (κ1) is 6.99. The number of ether oxygens (including phenoxy) is 2. The van der Waals surface area contributed by atoms with Crippen LogP contribution in [-0.2, 0) is 9.47 Å². The second-order valence-electron chi connectivity index (χ2n) is 2.51. The van der Waals surface area contributed by atoms with E-state index in [1.54, 1.807) is 0 Å². The lowest BCUT2D eigenvalue weighted by atomic mass is 10.3. The van der Waals surface area contributed by atoms with Gasteiger partial charge in [-0.25, -0.2) is 0 Å². The fourth-order valence-corrected chi connectivity index (χ4v) is 1.00. The summed E-state index contributed by atoms with van der Waals surface area (Å²) < 4.78 is 10.4. The predicted molar refractivity (Wildman–Crippen MR) is 34.0 cm³/mol. The SMILES string of the molecule is CC1OCOC1N(C)C. The summed E-state index contributed by atoms with van der Waals surface area (Å²) in [6, 6.07) is 0. The van der Waals surface area contributed by atoms with E-state index in [9.17, 15) is 0 Å². The molecular formula is C6H13NO2. The Labute approximate surface area is 55.5 Å². The molecule has 0 aliphatic carbocycles. The van der Waals surface area contributed by atoms with Crippen molar-refractivity contribution in [1.82, 2.24) is 4.90 Å². The molecule has 2 unspecified atom stereocenters. The van der Waals surface area contributed by atoms with E-state index in [4.69, 9.17) is 9.47 Å². The van der Waals surface area contributed by atoms with Crippen LogP contribution >= 0.6 is 0 Å². The smallest absolute Gasteiger partial charge is 0.149 e. The normalized spacial score (nSPS) is 36.0. The molecule has 0 bridgehead atoms. The molecule has 0 spiro atoms. The van der Waals surface area contributed by atoms with Gasteiger partial charge in [0.25, 0.3) is 0 Å². The first-order chi connectivity index (χ1) is 4.22. The maximum Gasteiger partial charge on any atom is 0.149 e. The van der Waals surface area contributed by atoms with E-state index in [2.05, 4.69) is 0 Å². The third kappa shape index (κ3) is 1.41. The molecule has 0 radical (unpaired) electrons. The van der Waals surface area contributed by atoms with Crippen molar-refractivity contribution in [2.24, 2.45) is 0 Å². The summed E-state index contributed by atoms with van der Waals surface area (Å²) in [5.41, 5.74) is 0. The van der Waals surface area contributed by atoms with Crippen molar-refractivity contribution in [3.63, 3.8) is 0 Å². The Morgan fingerprint density at radius 3 is 2.22 bits per heavy atom. The van der Waals surface area contributed by atoms with Gasteiger partial charge in [0.2, 0.25) is 0 Å². The van der Waals surface area contributed by atoms with Crippen molar-refractivity contribution in [2.75, 3.05) is 20.9 Å². The summed E-state index contributed by atoms with van der Waals surface area (Å²) in [7, 11) is 3.96. The van der Waals surface area contributed by atoms with Crippen molar-refractivity contribution in [1.29, 1.82) is 0 Å². The van der Waals surface area contributed by atoms with E-state index in [1.807, 2.05) is 25.9 Å². The molecule has 9 heavy (non-hydrogen) atoms. The molecule has 0 aromatic carbocycles. The summed E-state index contributed by atoms with van der Waals surface area (Å²) in [4.78, 5) is 2.01. The van der Waals surface area contributed by atoms with Crippen molar-refractivity contribution in [2.45, 2.75) is 19.3 Å². The minimum atomic E-state index is 0.144. The van der Waals surface area contributed by atoms with Gasteiger partial charge in [0, 0.05) is 0 Å². The van der Waals surface area contributed by atoms with E-state index in [-0.39, 0.29) is 12.3 Å². The second kappa shape index (κ2) is 2.64. The maximum absolute atomic E-state index is 5.23. The van der Waals surface area contributed by atoms with Crippen LogP contribution in [0.5, 0.6) is 0 Å². The Morgan fingerprint density at radius 2 is 2.00 bits per heavy atom. The highest BCUT2D eigenvalue weighted by atomic mass is 16.7. The van der Waals surface area contributed by atoms with Gasteiger partial charge < -0.3 is 9.47 Å². The Hall–Kier alpha value is -0.120. The van der Waals surface area contributed by atoms with Crippen LogP contribution in [0.2, 0.25) is 0 Å². The molecule has 2 atom stereocenters. The minimum absolute atomic E-state index is 0.144. The summed E-state index contributed by atoms with van der Waals surface area (Å²) in [6.45, 7) is 2.45. The molecule has 3 nitrogen and oxygen atoms in total. The van der Waals surface area contributed by atoms with Gasteiger partial charge in [-0.05, 0) is 21.0 Å². The highest BCUT2D eigenvalue weighted by Gasteiger charge is 2.26. The molecule has 0 amide bonds. The van der Waals surface area contributed by atoms with Crippen LogP contribution in [0.25, 0.3) is 0 Å². The molecule has 0 aromatic heterocycles. The van der Waals surface area contributed by atoms with Gasteiger partial charge in [0.05, 0.1) is 6.10 Å². The molecule has 1 aliphatic heterocycles. The molecule has 0 aromatic rings. The molecule has 1 heterocycles. The third-order valence-electron chi connectivity index (χ3n) is 1.48. The summed E-state index contributed by atoms with van der Waals surface area (Å²) in [5, 5.41) is 0. The van der Waals surface area contributed by atoms with E-state index in [1.165, 1.54) is 0 Å². The molecule has 1 fully saturated rings. The number of rotatable bonds is 1. The third-order valence-corrected chi connectivity index (χ3v) is 1.48. The monoisotopic (exact) mass is 131 g/mol. The van der Waals surface area contributed by atoms with Crippen molar-refractivity contribution >= 4 is 0 Å². The first-order valence-electron chi connectivity index (χ1n) is 3.11. The summed E-state index contributed by atoms with van der Waals surface area (Å²) >= 11 is 0. The molecule has 3 heteroatoms. The first-order valence-corrected chi connectivity index (χ1v) is 3.11. The van der Waals surface area contributed by atoms with E-state index >= 15 is 0 Å². The highest BCUT2D eigenvalue weighted by molar-refractivity contribution is 4.65. The molecular weight excluding hydrogens is 118 g/mol. The number of hydrogen-bond donors (Lipinski definition) is 0. The number of nitrogens with zero attached hydrogens (tertiary/aromatic N) is 1. The largest absolute Gasteiger partial charge is 0.348 e. The Bertz CT molecular complexity index is 95.1. The van der Waals surface area contributed by atoms with Crippen LogP contribution < -0.4 is 0 Å². The van der Waals surface area contributed by atoms with Crippen LogP contribution in [0.4, 0.5) is 0 Å². The predicted octanol–water partition coefficient (Wildman–Crippen LogP) is 0.267. The number of likely N-dealkylation sites (N-methyl/N-ethyl adjacent to an activating group) is 1. The standard InChI is InChI=1S/C6H13NO2/c1-5-6(7(2)3)9-4-8-5/h5-6H,4H2,1-3H3. The van der Waals surface area contributed by atoms with Gasteiger partial charge >= 0.3 is 0 Å². The molecule has 1 saturated heterocycles. The van der Waals surface area contributed by atoms with Gasteiger partial charge in [0.15, 0.2) is 0 Å². The van der Waals surface area contributed by atoms with Crippen LogP contribution in [0.3, 0.4) is 0 Å². The molecule has 0 saturated carbocycles.